The molecule has 2 aromatic rings. The summed E-state index contributed by atoms with van der Waals surface area (Å²) in [4.78, 5) is 69.4. The van der Waals surface area contributed by atoms with Crippen LogP contribution in [0.5, 0.6) is 0 Å². The van der Waals surface area contributed by atoms with Crippen LogP contribution in [0.15, 0.2) is 30.5 Å². The molecule has 10 atom stereocenters. The van der Waals surface area contributed by atoms with Crippen LogP contribution in [0, 0.1) is 17.8 Å². The van der Waals surface area contributed by atoms with Gasteiger partial charge in [0, 0.05) is 43.4 Å². The van der Waals surface area contributed by atoms with Crippen LogP contribution >= 0.6 is 0 Å². The second kappa shape index (κ2) is 21.4. The number of nitrogens with two attached hydrogens (primary N) is 1. The summed E-state index contributed by atoms with van der Waals surface area (Å²) in [6.07, 6.45) is 2.83. The fourth-order valence-corrected chi connectivity index (χ4v) is 9.03. The van der Waals surface area contributed by atoms with Crippen LogP contribution < -0.4 is 16.4 Å². The highest BCUT2D eigenvalue weighted by Gasteiger charge is 2.59. The molecule has 2 fully saturated rings. The number of fused-ring (bicyclic) bond motifs is 1. The number of aromatic nitrogens is 3. The van der Waals surface area contributed by atoms with E-state index >= 15 is 0 Å². The van der Waals surface area contributed by atoms with Crippen molar-refractivity contribution in [2.24, 2.45) is 17.8 Å². The maximum Gasteiger partial charge on any atom is 0.410 e. The monoisotopic (exact) mass is 866 g/mol. The second-order valence-electron chi connectivity index (χ2n) is 19.0. The first-order valence-corrected chi connectivity index (χ1v) is 22.3. The SMILES string of the molecule is B[C@@H]1[C@@H](C)C(=O)[C@@H](C)C(=O)O[C@H](CC)[C@@]2(C)OC(=O)N(CCCCn3cc(-c4cccc(N)c4)nn3)[C@@H]2[C@@H](CCN[C@@H](CC(=O)OC(C)(C)C)C(C)=O)NC[C@H](C)C[C@@]1(C)OC. The molecule has 0 bridgehead atoms. The minimum Gasteiger partial charge on any atom is -0.460 e. The molecule has 0 saturated carbocycles. The van der Waals surface area contributed by atoms with Gasteiger partial charge in [0.1, 0.15) is 42.7 Å². The number of rotatable bonds is 15. The fraction of sp³-hybridized carbons (Fsp3) is 0.711. The molecule has 62 heavy (non-hydrogen) atoms. The van der Waals surface area contributed by atoms with Crippen molar-refractivity contribution in [2.75, 3.05) is 32.5 Å². The van der Waals surface area contributed by atoms with Gasteiger partial charge in [-0.3, -0.25) is 28.8 Å². The van der Waals surface area contributed by atoms with Crippen molar-refractivity contribution in [3.63, 3.8) is 0 Å². The lowest BCUT2D eigenvalue weighted by Crippen LogP contribution is -2.62. The Balaban J connectivity index is 1.68. The van der Waals surface area contributed by atoms with Crippen molar-refractivity contribution >= 4 is 43.1 Å². The molecule has 3 heterocycles. The van der Waals surface area contributed by atoms with E-state index in [1.54, 1.807) is 51.3 Å². The van der Waals surface area contributed by atoms with Crippen LogP contribution in [0.3, 0.4) is 0 Å². The first-order valence-electron chi connectivity index (χ1n) is 22.3. The molecule has 17 heteroatoms. The summed E-state index contributed by atoms with van der Waals surface area (Å²) in [7, 11) is 3.63. The van der Waals surface area contributed by atoms with Crippen LogP contribution in [-0.4, -0.2) is 125 Å². The van der Waals surface area contributed by atoms with Crippen LogP contribution in [0.4, 0.5) is 10.5 Å². The molecular formula is C45H72BN7O9. The number of cyclic esters (lactones) is 1. The molecule has 1 aromatic carbocycles. The molecule has 0 radical (unpaired) electrons. The maximum atomic E-state index is 14.2. The highest BCUT2D eigenvalue weighted by Crippen LogP contribution is 2.41. The maximum absolute atomic E-state index is 14.2. The van der Waals surface area contributed by atoms with Crippen molar-refractivity contribution in [1.29, 1.82) is 0 Å². The Labute approximate surface area is 368 Å². The Bertz CT molecular complexity index is 1870. The molecule has 2 saturated heterocycles. The fourth-order valence-electron chi connectivity index (χ4n) is 9.03. The molecule has 16 nitrogen and oxygen atoms in total. The lowest BCUT2D eigenvalue weighted by molar-refractivity contribution is -0.170. The summed E-state index contributed by atoms with van der Waals surface area (Å²) in [5.41, 5.74) is 5.42. The quantitative estimate of drug-likeness (QED) is 0.0562. The van der Waals surface area contributed by atoms with Gasteiger partial charge < -0.3 is 35.3 Å². The molecule has 0 unspecified atom stereocenters. The number of nitrogen functional groups attached to an aromatic ring is 1. The van der Waals surface area contributed by atoms with Gasteiger partial charge in [-0.2, -0.15) is 0 Å². The van der Waals surface area contributed by atoms with E-state index in [4.69, 9.17) is 24.7 Å². The third-order valence-corrected chi connectivity index (χ3v) is 12.9. The van der Waals surface area contributed by atoms with Crippen molar-refractivity contribution in [2.45, 2.75) is 161 Å². The highest BCUT2D eigenvalue weighted by atomic mass is 16.6. The van der Waals surface area contributed by atoms with Gasteiger partial charge >= 0.3 is 18.0 Å². The number of methoxy groups -OCH3 is 1. The van der Waals surface area contributed by atoms with Crippen molar-refractivity contribution < 1.29 is 42.9 Å². The number of ether oxygens (including phenoxy) is 4. The predicted molar refractivity (Wildman–Crippen MR) is 239 cm³/mol. The van der Waals surface area contributed by atoms with Gasteiger partial charge in [-0.1, -0.05) is 38.1 Å². The third kappa shape index (κ3) is 12.6. The topological polar surface area (TPSA) is 206 Å². The molecule has 1 aromatic heterocycles. The van der Waals surface area contributed by atoms with Gasteiger partial charge in [-0.15, -0.1) is 5.10 Å². The minimum atomic E-state index is -1.35. The number of Topliss-reactive ketones (excluding diaryl/α,β-unsaturated/α-hetero) is 2. The van der Waals surface area contributed by atoms with Crippen LogP contribution in [0.25, 0.3) is 11.3 Å². The molecule has 4 N–H and O–H groups in total. The van der Waals surface area contributed by atoms with Crippen molar-refractivity contribution in [1.82, 2.24) is 30.5 Å². The minimum absolute atomic E-state index is 0.0392. The number of nitrogens with zero attached hydrogens (tertiary/aromatic N) is 4. The zero-order valence-electron chi connectivity index (χ0n) is 39.1. The average molecular weight is 866 g/mol. The predicted octanol–water partition coefficient (Wildman–Crippen LogP) is 4.54. The van der Waals surface area contributed by atoms with Crippen LogP contribution in [0.1, 0.15) is 108 Å². The van der Waals surface area contributed by atoms with Gasteiger partial charge in [0.25, 0.3) is 0 Å². The molecule has 1 amide bonds. The Morgan fingerprint density at radius 2 is 1.82 bits per heavy atom. The summed E-state index contributed by atoms with van der Waals surface area (Å²) in [5, 5.41) is 15.7. The van der Waals surface area contributed by atoms with Crippen molar-refractivity contribution in [3.05, 3.63) is 30.5 Å². The summed E-state index contributed by atoms with van der Waals surface area (Å²) < 4.78 is 26.0. The van der Waals surface area contributed by atoms with Gasteiger partial charge in [-0.25, -0.2) is 4.79 Å². The zero-order valence-corrected chi connectivity index (χ0v) is 39.1. The largest absolute Gasteiger partial charge is 0.460 e. The van der Waals surface area contributed by atoms with Gasteiger partial charge in [-0.05, 0) is 118 Å². The number of nitrogens with one attached hydrogen (secondary N) is 2. The van der Waals surface area contributed by atoms with Gasteiger partial charge in [0.2, 0.25) is 0 Å². The number of aryl methyl sites for hydroxylation is 1. The number of carbonyl (C=O) groups excluding carboxylic acids is 5. The first kappa shape index (κ1) is 50.3. The molecule has 2 aliphatic heterocycles. The number of ketones is 2. The number of esters is 2. The van der Waals surface area contributed by atoms with Gasteiger partial charge in [0.05, 0.1) is 30.3 Å². The van der Waals surface area contributed by atoms with E-state index in [0.29, 0.717) is 69.7 Å². The lowest BCUT2D eigenvalue weighted by Gasteiger charge is -2.42. The van der Waals surface area contributed by atoms with E-state index in [0.717, 1.165) is 5.56 Å². The van der Waals surface area contributed by atoms with E-state index in [9.17, 15) is 24.0 Å². The smallest absolute Gasteiger partial charge is 0.410 e. The van der Waals surface area contributed by atoms with Crippen molar-refractivity contribution in [3.8, 4) is 11.3 Å². The van der Waals surface area contributed by atoms with E-state index in [-0.39, 0.29) is 29.7 Å². The molecule has 0 aliphatic carbocycles. The van der Waals surface area contributed by atoms with Crippen LogP contribution in [-0.2, 0) is 44.7 Å². The standard InChI is InChI=1S/C45H72BN7O9/c1-12-36-45(10)40(53(42(58)62-45)21-14-13-20-52-26-35(50-51-52)31-16-15-17-32(47)22-31)33(18-19-48-34(30(5)54)23-37(55)61-43(6,7)8)49-25-27(2)24-44(9,59-11)39(46)28(3)38(56)29(4)41(57)60-36/h15-17,22,26-29,33-34,36,39-40,48-49H,12-14,18-21,23-25,46-47H2,1-11H3/t27-,28+,29-,33-,34+,36-,39-,40-,44-,45-/m1/s1. The van der Waals surface area contributed by atoms with Crippen LogP contribution in [0.2, 0.25) is 5.82 Å². The summed E-state index contributed by atoms with van der Waals surface area (Å²) in [6, 6.07) is 5.55. The molecule has 4 rings (SSSR count). The molecule has 344 valence electrons. The number of hydrogen-bond acceptors (Lipinski definition) is 14. The van der Waals surface area contributed by atoms with E-state index in [1.165, 1.54) is 6.92 Å². The average Bonchev–Trinajstić information content (AvgIpc) is 3.78. The second-order valence-corrected chi connectivity index (χ2v) is 19.0. The summed E-state index contributed by atoms with van der Waals surface area (Å²) in [6.45, 7) is 19.6. The number of hydrogen-bond donors (Lipinski definition) is 3. The molecule has 2 aliphatic rings. The van der Waals surface area contributed by atoms with E-state index < -0.39 is 70.9 Å². The first-order chi connectivity index (χ1) is 29.0. The number of unbranched alkanes of at least 4 members (excludes halogenated alkanes) is 1. The molecular weight excluding hydrogens is 793 g/mol. The Morgan fingerprint density at radius 3 is 2.45 bits per heavy atom. The number of amides is 1. The summed E-state index contributed by atoms with van der Waals surface area (Å²) in [5.74, 6) is -3.38. The Hall–Kier alpha value is -4.35. The van der Waals surface area contributed by atoms with E-state index in [1.807, 2.05) is 59.1 Å². The number of carbonyl (C=O) groups is 5. The summed E-state index contributed by atoms with van der Waals surface area (Å²) >= 11 is 0. The normalized spacial score (nSPS) is 29.5. The Kier molecular flexibility index (Phi) is 17.3. The van der Waals surface area contributed by atoms with E-state index in [2.05, 4.69) is 27.9 Å². The lowest BCUT2D eigenvalue weighted by atomic mass is 9.62. The number of anilines is 1. The zero-order chi connectivity index (χ0) is 46.2. The number of benzene rings is 1. The molecule has 0 spiro atoms. The highest BCUT2D eigenvalue weighted by molar-refractivity contribution is 6.15. The Morgan fingerprint density at radius 1 is 1.13 bits per heavy atom. The van der Waals surface area contributed by atoms with Gasteiger partial charge in [0.15, 0.2) is 5.60 Å². The third-order valence-electron chi connectivity index (χ3n) is 12.9.